The lowest BCUT2D eigenvalue weighted by atomic mass is 10.1. The highest BCUT2D eigenvalue weighted by atomic mass is 31.2. The molecule has 2 aromatic carbocycles. The van der Waals surface area contributed by atoms with Crippen molar-refractivity contribution in [2.24, 2.45) is 5.92 Å². The van der Waals surface area contributed by atoms with E-state index < -0.39 is 7.14 Å². The van der Waals surface area contributed by atoms with Gasteiger partial charge in [0.25, 0.3) is 0 Å². The summed E-state index contributed by atoms with van der Waals surface area (Å²) in [5, 5.41) is 1.92. The van der Waals surface area contributed by atoms with E-state index in [1.807, 2.05) is 60.7 Å². The summed E-state index contributed by atoms with van der Waals surface area (Å²) in [6, 6.07) is 19.9. The lowest BCUT2D eigenvalue weighted by Gasteiger charge is -2.28. The van der Waals surface area contributed by atoms with E-state index in [4.69, 9.17) is 0 Å². The molecule has 2 nitrogen and oxygen atoms in total. The Morgan fingerprint density at radius 2 is 1.58 bits per heavy atom. The van der Waals surface area contributed by atoms with E-state index in [0.717, 1.165) is 23.5 Å². The lowest BCUT2D eigenvalue weighted by Crippen LogP contribution is -2.34. The normalized spacial score (nSPS) is 23.2. The standard InChI is InChI=1S/C21H26NOP/c1-4-18-17-21(18,22(2)3)15-16-24(23,19-11-7-5-8-12-19)20-13-9-6-10-14-20/h4-14,18H,1,15-17H2,2-3H3/t18-,21-/m0/s1. The van der Waals surface area contributed by atoms with Crippen molar-refractivity contribution in [1.82, 2.24) is 4.90 Å². The van der Waals surface area contributed by atoms with Crippen LogP contribution in [0.4, 0.5) is 0 Å². The lowest BCUT2D eigenvalue weighted by molar-refractivity contribution is 0.252. The molecule has 3 rings (SSSR count). The van der Waals surface area contributed by atoms with Crippen molar-refractivity contribution >= 4 is 17.8 Å². The second-order valence-corrected chi connectivity index (χ2v) is 9.89. The molecule has 0 aromatic heterocycles. The third kappa shape index (κ3) is 3.01. The summed E-state index contributed by atoms with van der Waals surface area (Å²) in [4.78, 5) is 2.29. The first kappa shape index (κ1) is 17.2. The van der Waals surface area contributed by atoms with Crippen molar-refractivity contribution in [3.63, 3.8) is 0 Å². The van der Waals surface area contributed by atoms with E-state index in [1.165, 1.54) is 0 Å². The molecule has 1 aliphatic rings. The number of nitrogens with zero attached hydrogens (tertiary/aromatic N) is 1. The molecule has 0 spiro atoms. The third-order valence-corrected chi connectivity index (χ3v) is 8.60. The maximum Gasteiger partial charge on any atom is 0.143 e. The van der Waals surface area contributed by atoms with Crippen LogP contribution in [0.25, 0.3) is 0 Å². The fourth-order valence-corrected chi connectivity index (χ4v) is 6.57. The maximum absolute atomic E-state index is 14.1. The first-order chi connectivity index (χ1) is 11.5. The quantitative estimate of drug-likeness (QED) is 0.563. The highest BCUT2D eigenvalue weighted by molar-refractivity contribution is 7.78. The molecular formula is C21H26NOP. The van der Waals surface area contributed by atoms with Gasteiger partial charge in [0.2, 0.25) is 0 Å². The highest BCUT2D eigenvalue weighted by Gasteiger charge is 2.54. The molecule has 1 saturated carbocycles. The SMILES string of the molecule is C=C[C@H]1C[C@]1(CCP(=O)(c1ccccc1)c1ccccc1)N(C)C. The van der Waals surface area contributed by atoms with Crippen LogP contribution in [-0.4, -0.2) is 30.7 Å². The Balaban J connectivity index is 1.93. The van der Waals surface area contributed by atoms with Gasteiger partial charge < -0.3 is 9.46 Å². The average molecular weight is 339 g/mol. The number of benzene rings is 2. The van der Waals surface area contributed by atoms with Crippen molar-refractivity contribution in [1.29, 1.82) is 0 Å². The number of rotatable bonds is 7. The van der Waals surface area contributed by atoms with Crippen molar-refractivity contribution in [2.75, 3.05) is 20.3 Å². The van der Waals surface area contributed by atoms with Crippen molar-refractivity contribution in [3.8, 4) is 0 Å². The molecule has 0 unspecified atom stereocenters. The van der Waals surface area contributed by atoms with Gasteiger partial charge in [-0.1, -0.05) is 66.7 Å². The fourth-order valence-electron chi connectivity index (χ4n) is 3.75. The topological polar surface area (TPSA) is 20.3 Å². The van der Waals surface area contributed by atoms with Crippen LogP contribution < -0.4 is 10.6 Å². The van der Waals surface area contributed by atoms with E-state index in [9.17, 15) is 4.57 Å². The molecular weight excluding hydrogens is 313 g/mol. The van der Waals surface area contributed by atoms with Crippen molar-refractivity contribution in [3.05, 3.63) is 73.3 Å². The molecule has 2 atom stereocenters. The summed E-state index contributed by atoms with van der Waals surface area (Å²) in [7, 11) is 1.63. The Hall–Kier alpha value is -1.63. The summed E-state index contributed by atoms with van der Waals surface area (Å²) < 4.78 is 14.1. The van der Waals surface area contributed by atoms with Gasteiger partial charge in [0.15, 0.2) is 0 Å². The van der Waals surface area contributed by atoms with E-state index in [-0.39, 0.29) is 5.54 Å². The molecule has 0 aliphatic heterocycles. The van der Waals surface area contributed by atoms with Gasteiger partial charge in [-0.05, 0) is 32.9 Å². The number of hydrogen-bond acceptors (Lipinski definition) is 2. The number of hydrogen-bond donors (Lipinski definition) is 0. The first-order valence-corrected chi connectivity index (χ1v) is 10.4. The van der Waals surface area contributed by atoms with Crippen LogP contribution in [0.2, 0.25) is 0 Å². The van der Waals surface area contributed by atoms with Crippen molar-refractivity contribution in [2.45, 2.75) is 18.4 Å². The highest BCUT2D eigenvalue weighted by Crippen LogP contribution is 2.55. The zero-order valence-electron chi connectivity index (χ0n) is 14.6. The molecule has 126 valence electrons. The zero-order chi connectivity index (χ0) is 17.2. The molecule has 3 heteroatoms. The van der Waals surface area contributed by atoms with E-state index >= 15 is 0 Å². The first-order valence-electron chi connectivity index (χ1n) is 8.53. The zero-order valence-corrected chi connectivity index (χ0v) is 15.5. The van der Waals surface area contributed by atoms with E-state index in [0.29, 0.717) is 12.1 Å². The average Bonchev–Trinajstić information content (AvgIpc) is 3.36. The van der Waals surface area contributed by atoms with E-state index in [1.54, 1.807) is 0 Å². The van der Waals surface area contributed by atoms with Gasteiger partial charge in [-0.25, -0.2) is 0 Å². The Morgan fingerprint density at radius 3 is 1.96 bits per heavy atom. The summed E-state index contributed by atoms with van der Waals surface area (Å²) in [5.74, 6) is 0.507. The Labute approximate surface area is 145 Å². The molecule has 0 heterocycles. The van der Waals surface area contributed by atoms with Crippen molar-refractivity contribution < 1.29 is 4.57 Å². The van der Waals surface area contributed by atoms with Crippen LogP contribution in [0.3, 0.4) is 0 Å². The summed E-state index contributed by atoms with van der Waals surface area (Å²) in [5.41, 5.74) is 0.126. The molecule has 0 N–H and O–H groups in total. The fraction of sp³-hybridized carbons (Fsp3) is 0.333. The van der Waals surface area contributed by atoms with Crippen LogP contribution >= 0.6 is 7.14 Å². The minimum absolute atomic E-state index is 0.126. The minimum Gasteiger partial charge on any atom is -0.314 e. The van der Waals surface area contributed by atoms with Crippen LogP contribution in [0.15, 0.2) is 73.3 Å². The second-order valence-electron chi connectivity index (χ2n) is 6.93. The smallest absolute Gasteiger partial charge is 0.143 e. The van der Waals surface area contributed by atoms with Gasteiger partial charge in [-0.2, -0.15) is 0 Å². The molecule has 2 aromatic rings. The molecule has 1 fully saturated rings. The van der Waals surface area contributed by atoms with Gasteiger partial charge in [-0.15, -0.1) is 6.58 Å². The van der Waals surface area contributed by atoms with Gasteiger partial charge in [0.1, 0.15) is 7.14 Å². The Kier molecular flexibility index (Phi) is 4.80. The molecule has 0 radical (unpaired) electrons. The van der Waals surface area contributed by atoms with Gasteiger partial charge in [0, 0.05) is 22.3 Å². The monoisotopic (exact) mass is 339 g/mol. The second kappa shape index (κ2) is 6.70. The van der Waals surface area contributed by atoms with Crippen LogP contribution in [0.5, 0.6) is 0 Å². The van der Waals surface area contributed by atoms with Crippen LogP contribution in [0.1, 0.15) is 12.8 Å². The van der Waals surface area contributed by atoms with Gasteiger partial charge >= 0.3 is 0 Å². The molecule has 0 amide bonds. The summed E-state index contributed by atoms with van der Waals surface area (Å²) in [6.45, 7) is 3.97. The van der Waals surface area contributed by atoms with Gasteiger partial charge in [0.05, 0.1) is 0 Å². The minimum atomic E-state index is -2.62. The molecule has 1 aliphatic carbocycles. The predicted octanol–water partition coefficient (Wildman–Crippen LogP) is 3.90. The molecule has 24 heavy (non-hydrogen) atoms. The summed E-state index contributed by atoms with van der Waals surface area (Å²) >= 11 is 0. The van der Waals surface area contributed by atoms with E-state index in [2.05, 4.69) is 31.7 Å². The Morgan fingerprint density at radius 1 is 1.08 bits per heavy atom. The predicted molar refractivity (Wildman–Crippen MR) is 104 cm³/mol. The molecule has 0 saturated heterocycles. The third-order valence-electron chi connectivity index (χ3n) is 5.48. The molecule has 0 bridgehead atoms. The van der Waals surface area contributed by atoms with Crippen LogP contribution in [-0.2, 0) is 4.57 Å². The maximum atomic E-state index is 14.1. The van der Waals surface area contributed by atoms with Gasteiger partial charge in [-0.3, -0.25) is 0 Å². The summed E-state index contributed by atoms with van der Waals surface area (Å²) in [6.07, 6.45) is 4.80. The largest absolute Gasteiger partial charge is 0.314 e. The van der Waals surface area contributed by atoms with Crippen LogP contribution in [0, 0.1) is 5.92 Å². The Bertz CT molecular complexity index is 697.